The van der Waals surface area contributed by atoms with Crippen molar-refractivity contribution < 1.29 is 4.42 Å². The molecule has 3 heterocycles. The van der Waals surface area contributed by atoms with E-state index in [4.69, 9.17) is 4.42 Å². The monoisotopic (exact) mass is 370 g/mol. The second-order valence-corrected chi connectivity index (χ2v) is 7.08. The van der Waals surface area contributed by atoms with Gasteiger partial charge in [0.05, 0.1) is 18.5 Å². The molecular formula is C17H14N4O2S2. The van der Waals surface area contributed by atoms with Gasteiger partial charge in [0, 0.05) is 16.7 Å². The van der Waals surface area contributed by atoms with Gasteiger partial charge in [0.2, 0.25) is 0 Å². The third kappa shape index (κ3) is 3.59. The summed E-state index contributed by atoms with van der Waals surface area (Å²) in [5.41, 5.74) is 1.83. The topological polar surface area (TPSA) is 76.7 Å². The molecule has 0 aliphatic heterocycles. The number of aromatic nitrogens is 4. The van der Waals surface area contributed by atoms with Crippen molar-refractivity contribution in [3.8, 4) is 10.6 Å². The van der Waals surface area contributed by atoms with Gasteiger partial charge in [0.25, 0.3) is 0 Å². The Kier molecular flexibility index (Phi) is 4.53. The highest BCUT2D eigenvalue weighted by Crippen LogP contribution is 2.27. The number of aromatic amines is 1. The molecule has 0 bridgehead atoms. The van der Waals surface area contributed by atoms with Crippen molar-refractivity contribution in [3.63, 3.8) is 0 Å². The van der Waals surface area contributed by atoms with Crippen LogP contribution in [0.3, 0.4) is 0 Å². The Morgan fingerprint density at radius 3 is 2.88 bits per heavy atom. The maximum absolute atomic E-state index is 11.9. The minimum Gasteiger partial charge on any atom is -0.467 e. The fourth-order valence-corrected chi connectivity index (χ4v) is 4.11. The number of thiazole rings is 1. The lowest BCUT2D eigenvalue weighted by molar-refractivity contribution is 0.480. The molecule has 25 heavy (non-hydrogen) atoms. The fourth-order valence-electron chi connectivity index (χ4n) is 2.34. The van der Waals surface area contributed by atoms with E-state index >= 15 is 0 Å². The van der Waals surface area contributed by atoms with E-state index in [1.165, 1.54) is 11.8 Å². The van der Waals surface area contributed by atoms with Gasteiger partial charge >= 0.3 is 5.69 Å². The number of H-pyrrole nitrogens is 1. The molecule has 0 aliphatic rings. The summed E-state index contributed by atoms with van der Waals surface area (Å²) in [6, 6.07) is 13.7. The minimum absolute atomic E-state index is 0.248. The molecule has 0 amide bonds. The molecule has 1 N–H and O–H groups in total. The normalized spacial score (nSPS) is 11.0. The van der Waals surface area contributed by atoms with E-state index in [0.29, 0.717) is 23.2 Å². The Morgan fingerprint density at radius 1 is 1.20 bits per heavy atom. The number of furan rings is 1. The van der Waals surface area contributed by atoms with Crippen LogP contribution in [0.25, 0.3) is 10.6 Å². The van der Waals surface area contributed by atoms with E-state index in [2.05, 4.69) is 15.2 Å². The molecule has 4 rings (SSSR count). The smallest absolute Gasteiger partial charge is 0.344 e. The average Bonchev–Trinajstić information content (AvgIpc) is 3.38. The number of rotatable bonds is 6. The van der Waals surface area contributed by atoms with Gasteiger partial charge in [-0.25, -0.2) is 14.9 Å². The molecule has 0 saturated heterocycles. The molecule has 0 radical (unpaired) electrons. The predicted octanol–water partition coefficient (Wildman–Crippen LogP) is 3.63. The first-order valence-electron chi connectivity index (χ1n) is 7.60. The molecule has 3 aromatic heterocycles. The van der Waals surface area contributed by atoms with Gasteiger partial charge in [-0.2, -0.15) is 0 Å². The van der Waals surface area contributed by atoms with Gasteiger partial charge in [0.15, 0.2) is 5.16 Å². The van der Waals surface area contributed by atoms with E-state index in [1.807, 2.05) is 41.8 Å². The Bertz CT molecular complexity index is 1000. The van der Waals surface area contributed by atoms with Crippen LogP contribution in [0.1, 0.15) is 11.5 Å². The fraction of sp³-hybridized carbons (Fsp3) is 0.118. The Labute approximate surface area is 151 Å². The van der Waals surface area contributed by atoms with E-state index in [-0.39, 0.29) is 5.69 Å². The lowest BCUT2D eigenvalue weighted by Gasteiger charge is -2.02. The molecule has 0 unspecified atom stereocenters. The largest absolute Gasteiger partial charge is 0.467 e. The maximum atomic E-state index is 11.9. The summed E-state index contributed by atoms with van der Waals surface area (Å²) in [5.74, 6) is 1.36. The summed E-state index contributed by atoms with van der Waals surface area (Å²) in [6.07, 6.45) is 1.59. The number of hydrogen-bond donors (Lipinski definition) is 1. The molecule has 0 spiro atoms. The molecule has 4 aromatic rings. The molecule has 0 saturated carbocycles. The van der Waals surface area contributed by atoms with Crippen molar-refractivity contribution in [2.45, 2.75) is 17.5 Å². The molecule has 126 valence electrons. The molecule has 0 atom stereocenters. The van der Waals surface area contributed by atoms with Gasteiger partial charge in [-0.1, -0.05) is 42.1 Å². The van der Waals surface area contributed by atoms with Crippen LogP contribution >= 0.6 is 23.1 Å². The Balaban J connectivity index is 1.47. The van der Waals surface area contributed by atoms with Crippen molar-refractivity contribution in [3.05, 3.63) is 76.0 Å². The zero-order valence-electron chi connectivity index (χ0n) is 13.1. The van der Waals surface area contributed by atoms with Crippen LogP contribution in [0.5, 0.6) is 0 Å². The number of hydrogen-bond acceptors (Lipinski definition) is 6. The highest BCUT2D eigenvalue weighted by atomic mass is 32.2. The van der Waals surface area contributed by atoms with Crippen LogP contribution in [0, 0.1) is 0 Å². The molecule has 0 fully saturated rings. The van der Waals surface area contributed by atoms with Crippen molar-refractivity contribution in [1.29, 1.82) is 0 Å². The van der Waals surface area contributed by atoms with Crippen LogP contribution in [0.2, 0.25) is 0 Å². The third-order valence-electron chi connectivity index (χ3n) is 3.54. The predicted molar refractivity (Wildman–Crippen MR) is 97.8 cm³/mol. The van der Waals surface area contributed by atoms with E-state index in [9.17, 15) is 4.79 Å². The van der Waals surface area contributed by atoms with Crippen LogP contribution in [-0.2, 0) is 12.3 Å². The second kappa shape index (κ2) is 7.12. The van der Waals surface area contributed by atoms with Crippen molar-refractivity contribution in [1.82, 2.24) is 19.7 Å². The van der Waals surface area contributed by atoms with Crippen LogP contribution in [0.4, 0.5) is 0 Å². The van der Waals surface area contributed by atoms with Crippen molar-refractivity contribution in [2.75, 3.05) is 0 Å². The summed E-state index contributed by atoms with van der Waals surface area (Å²) < 4.78 is 6.87. The molecule has 1 aromatic carbocycles. The number of nitrogens with one attached hydrogen (secondary N) is 1. The molecule has 0 aliphatic carbocycles. The van der Waals surface area contributed by atoms with Crippen molar-refractivity contribution in [2.24, 2.45) is 0 Å². The lowest BCUT2D eigenvalue weighted by Crippen LogP contribution is -2.18. The first-order valence-corrected chi connectivity index (χ1v) is 9.46. The highest BCUT2D eigenvalue weighted by Gasteiger charge is 2.12. The number of thioether (sulfide) groups is 1. The average molecular weight is 370 g/mol. The third-order valence-corrected chi connectivity index (χ3v) is 5.49. The first kappa shape index (κ1) is 15.9. The van der Waals surface area contributed by atoms with Gasteiger partial charge in [-0.3, -0.25) is 4.57 Å². The zero-order valence-corrected chi connectivity index (χ0v) is 14.7. The van der Waals surface area contributed by atoms with E-state index in [1.54, 1.807) is 28.2 Å². The second-order valence-electron chi connectivity index (χ2n) is 5.28. The summed E-state index contributed by atoms with van der Waals surface area (Å²) in [4.78, 5) is 16.6. The molecule has 8 heteroatoms. The maximum Gasteiger partial charge on any atom is 0.344 e. The van der Waals surface area contributed by atoms with Crippen LogP contribution < -0.4 is 5.69 Å². The quantitative estimate of drug-likeness (QED) is 0.525. The summed E-state index contributed by atoms with van der Waals surface area (Å²) >= 11 is 3.09. The number of benzene rings is 1. The van der Waals surface area contributed by atoms with Crippen molar-refractivity contribution >= 4 is 23.1 Å². The first-order chi connectivity index (χ1) is 12.3. The summed E-state index contributed by atoms with van der Waals surface area (Å²) in [7, 11) is 0. The zero-order chi connectivity index (χ0) is 17.1. The standard InChI is InChI=1S/C17H14N4O2S2/c22-16-19-20-17(21(16)9-14-7-4-8-23-14)25-11-13-10-24-15(18-13)12-5-2-1-3-6-12/h1-8,10H,9,11H2,(H,19,22). The highest BCUT2D eigenvalue weighted by molar-refractivity contribution is 7.98. The minimum atomic E-state index is -0.248. The molecular weight excluding hydrogens is 356 g/mol. The summed E-state index contributed by atoms with van der Waals surface area (Å²) in [5, 5.41) is 10.2. The van der Waals surface area contributed by atoms with Gasteiger partial charge < -0.3 is 4.42 Å². The summed E-state index contributed by atoms with van der Waals surface area (Å²) in [6.45, 7) is 0.358. The van der Waals surface area contributed by atoms with Crippen LogP contribution in [0.15, 0.2) is 68.5 Å². The SMILES string of the molecule is O=c1[nH]nc(SCc2csc(-c3ccccc3)n2)n1Cc1ccco1. The Morgan fingerprint density at radius 2 is 2.08 bits per heavy atom. The van der Waals surface area contributed by atoms with Gasteiger partial charge in [0.1, 0.15) is 10.8 Å². The van der Waals surface area contributed by atoms with Crippen LogP contribution in [-0.4, -0.2) is 19.7 Å². The lowest BCUT2D eigenvalue weighted by atomic mass is 10.2. The van der Waals surface area contributed by atoms with Gasteiger partial charge in [-0.05, 0) is 12.1 Å². The number of nitrogens with zero attached hydrogens (tertiary/aromatic N) is 3. The van der Waals surface area contributed by atoms with Gasteiger partial charge in [-0.15, -0.1) is 16.4 Å². The molecule has 6 nitrogen and oxygen atoms in total. The van der Waals surface area contributed by atoms with E-state index < -0.39 is 0 Å². The van der Waals surface area contributed by atoms with E-state index in [0.717, 1.165) is 16.3 Å². The Hall–Kier alpha value is -2.58.